The molecule has 0 amide bonds. The second-order valence-electron chi connectivity index (χ2n) is 3.70. The molecule has 19 heavy (non-hydrogen) atoms. The minimum Gasteiger partial charge on any atom is -0.497 e. The van der Waals surface area contributed by atoms with E-state index in [4.69, 9.17) is 14.2 Å². The molecule has 0 aliphatic heterocycles. The topological polar surface area (TPSA) is 57.7 Å². The molecule has 0 bridgehead atoms. The fraction of sp³-hybridized carbons (Fsp3) is 0.231. The molecule has 6 heteroatoms. The summed E-state index contributed by atoms with van der Waals surface area (Å²) in [5, 5.41) is 0.700. The molecule has 0 spiro atoms. The van der Waals surface area contributed by atoms with Crippen LogP contribution < -0.4 is 9.47 Å². The molecule has 1 aromatic heterocycles. The SMILES string of the molecule is COC(=O)c1cnc2cc(OC)cc(OC)c2c1Br. The molecule has 2 rings (SSSR count). The summed E-state index contributed by atoms with van der Waals surface area (Å²) < 4.78 is 15.8. The lowest BCUT2D eigenvalue weighted by molar-refractivity contribution is 0.0599. The molecule has 1 heterocycles. The minimum absolute atomic E-state index is 0.346. The molecule has 0 fully saturated rings. The lowest BCUT2D eigenvalue weighted by atomic mass is 10.1. The first-order chi connectivity index (χ1) is 9.12. The van der Waals surface area contributed by atoms with E-state index in [0.29, 0.717) is 32.4 Å². The molecule has 0 atom stereocenters. The zero-order valence-corrected chi connectivity index (χ0v) is 12.3. The van der Waals surface area contributed by atoms with Crippen LogP contribution in [-0.4, -0.2) is 32.3 Å². The monoisotopic (exact) mass is 325 g/mol. The average molecular weight is 326 g/mol. The van der Waals surface area contributed by atoms with E-state index in [9.17, 15) is 4.79 Å². The van der Waals surface area contributed by atoms with E-state index in [-0.39, 0.29) is 0 Å². The lowest BCUT2D eigenvalue weighted by Crippen LogP contribution is -2.04. The van der Waals surface area contributed by atoms with E-state index in [2.05, 4.69) is 20.9 Å². The number of ether oxygens (including phenoxy) is 3. The third kappa shape index (κ3) is 2.35. The van der Waals surface area contributed by atoms with Crippen LogP contribution in [0.25, 0.3) is 10.9 Å². The van der Waals surface area contributed by atoms with Crippen LogP contribution in [0, 0.1) is 0 Å². The van der Waals surface area contributed by atoms with Gasteiger partial charge in [0.15, 0.2) is 0 Å². The van der Waals surface area contributed by atoms with Gasteiger partial charge in [-0.15, -0.1) is 0 Å². The Morgan fingerprint density at radius 2 is 1.95 bits per heavy atom. The highest BCUT2D eigenvalue weighted by molar-refractivity contribution is 9.10. The minimum atomic E-state index is -0.459. The van der Waals surface area contributed by atoms with E-state index >= 15 is 0 Å². The molecule has 0 aliphatic rings. The lowest BCUT2D eigenvalue weighted by Gasteiger charge is -2.11. The molecule has 0 saturated carbocycles. The Bertz CT molecular complexity index is 642. The molecule has 0 N–H and O–H groups in total. The summed E-state index contributed by atoms with van der Waals surface area (Å²) in [6.45, 7) is 0. The number of benzene rings is 1. The van der Waals surface area contributed by atoms with Crippen LogP contribution in [-0.2, 0) is 4.74 Å². The summed E-state index contributed by atoms with van der Waals surface area (Å²) in [6.07, 6.45) is 1.46. The van der Waals surface area contributed by atoms with Crippen molar-refractivity contribution in [3.63, 3.8) is 0 Å². The Morgan fingerprint density at radius 3 is 2.53 bits per heavy atom. The van der Waals surface area contributed by atoms with Crippen LogP contribution in [0.1, 0.15) is 10.4 Å². The van der Waals surface area contributed by atoms with Crippen LogP contribution in [0.2, 0.25) is 0 Å². The highest BCUT2D eigenvalue weighted by Crippen LogP contribution is 2.36. The molecule has 2 aromatic rings. The second-order valence-corrected chi connectivity index (χ2v) is 4.49. The van der Waals surface area contributed by atoms with Gasteiger partial charge in [-0.2, -0.15) is 0 Å². The van der Waals surface area contributed by atoms with Gasteiger partial charge in [-0.05, 0) is 15.9 Å². The van der Waals surface area contributed by atoms with Gasteiger partial charge in [0.25, 0.3) is 0 Å². The number of pyridine rings is 1. The Balaban J connectivity index is 2.77. The number of fused-ring (bicyclic) bond motifs is 1. The predicted octanol–water partition coefficient (Wildman–Crippen LogP) is 2.80. The number of carbonyl (C=O) groups excluding carboxylic acids is 1. The number of carbonyl (C=O) groups is 1. The first kappa shape index (κ1) is 13.6. The van der Waals surface area contributed by atoms with E-state index < -0.39 is 5.97 Å². The average Bonchev–Trinajstić information content (AvgIpc) is 2.45. The number of hydrogen-bond acceptors (Lipinski definition) is 5. The number of aromatic nitrogens is 1. The Hall–Kier alpha value is -1.82. The summed E-state index contributed by atoms with van der Waals surface area (Å²) in [5.41, 5.74) is 1.01. The van der Waals surface area contributed by atoms with Crippen molar-refractivity contribution in [2.24, 2.45) is 0 Å². The first-order valence-corrected chi connectivity index (χ1v) is 6.20. The van der Waals surface area contributed by atoms with Crippen LogP contribution in [0.4, 0.5) is 0 Å². The maximum atomic E-state index is 11.6. The van der Waals surface area contributed by atoms with Gasteiger partial charge in [0, 0.05) is 22.8 Å². The third-order valence-corrected chi connectivity index (χ3v) is 3.53. The van der Waals surface area contributed by atoms with Gasteiger partial charge in [0.05, 0.1) is 37.8 Å². The molecular formula is C13H12BrNO4. The standard InChI is InChI=1S/C13H12BrNO4/c1-17-7-4-9-11(10(5-7)18-2)12(14)8(6-15-9)13(16)19-3/h4-6H,1-3H3. The van der Waals surface area contributed by atoms with E-state index in [0.717, 1.165) is 0 Å². The van der Waals surface area contributed by atoms with Crippen molar-refractivity contribution in [1.29, 1.82) is 0 Å². The van der Waals surface area contributed by atoms with Gasteiger partial charge in [-0.3, -0.25) is 4.98 Å². The zero-order valence-electron chi connectivity index (χ0n) is 10.7. The van der Waals surface area contributed by atoms with Crippen molar-refractivity contribution in [3.8, 4) is 11.5 Å². The molecule has 0 saturated heterocycles. The third-order valence-electron chi connectivity index (χ3n) is 2.70. The Kier molecular flexibility index (Phi) is 3.90. The van der Waals surface area contributed by atoms with E-state index in [1.807, 2.05) is 0 Å². The Labute approximate surface area is 118 Å². The van der Waals surface area contributed by atoms with Crippen LogP contribution in [0.15, 0.2) is 22.8 Å². The highest BCUT2D eigenvalue weighted by Gasteiger charge is 2.17. The second kappa shape index (κ2) is 5.44. The maximum Gasteiger partial charge on any atom is 0.340 e. The molecule has 0 aliphatic carbocycles. The van der Waals surface area contributed by atoms with Crippen molar-refractivity contribution in [3.05, 3.63) is 28.4 Å². The summed E-state index contributed by atoms with van der Waals surface area (Å²) in [7, 11) is 4.44. The smallest absolute Gasteiger partial charge is 0.340 e. The molecule has 0 unspecified atom stereocenters. The van der Waals surface area contributed by atoms with Crippen LogP contribution in [0.5, 0.6) is 11.5 Å². The van der Waals surface area contributed by atoms with E-state index in [1.54, 1.807) is 26.4 Å². The summed E-state index contributed by atoms with van der Waals surface area (Å²) >= 11 is 3.40. The van der Waals surface area contributed by atoms with Gasteiger partial charge in [-0.25, -0.2) is 4.79 Å². The molecule has 100 valence electrons. The predicted molar refractivity (Wildman–Crippen MR) is 73.9 cm³/mol. The van der Waals surface area contributed by atoms with Gasteiger partial charge < -0.3 is 14.2 Å². The maximum absolute atomic E-state index is 11.6. The summed E-state index contributed by atoms with van der Waals surface area (Å²) in [4.78, 5) is 15.9. The first-order valence-electron chi connectivity index (χ1n) is 5.41. The van der Waals surface area contributed by atoms with Gasteiger partial charge in [0.1, 0.15) is 11.5 Å². The molecule has 0 radical (unpaired) electrons. The summed E-state index contributed by atoms with van der Waals surface area (Å²) in [6, 6.07) is 3.50. The zero-order chi connectivity index (χ0) is 14.0. The van der Waals surface area contributed by atoms with E-state index in [1.165, 1.54) is 13.3 Å². The number of rotatable bonds is 3. The van der Waals surface area contributed by atoms with Crippen molar-refractivity contribution < 1.29 is 19.0 Å². The highest BCUT2D eigenvalue weighted by atomic mass is 79.9. The summed E-state index contributed by atoms with van der Waals surface area (Å²) in [5.74, 6) is 0.744. The normalized spacial score (nSPS) is 10.3. The Morgan fingerprint density at radius 1 is 1.21 bits per heavy atom. The van der Waals surface area contributed by atoms with Crippen LogP contribution in [0.3, 0.4) is 0 Å². The number of methoxy groups -OCH3 is 3. The molecule has 5 nitrogen and oxygen atoms in total. The largest absolute Gasteiger partial charge is 0.497 e. The molecular weight excluding hydrogens is 314 g/mol. The van der Waals surface area contributed by atoms with Gasteiger partial charge in [-0.1, -0.05) is 0 Å². The number of hydrogen-bond donors (Lipinski definition) is 0. The van der Waals surface area contributed by atoms with Crippen molar-refractivity contribution in [1.82, 2.24) is 4.98 Å². The molecule has 1 aromatic carbocycles. The van der Waals surface area contributed by atoms with Gasteiger partial charge in [0.2, 0.25) is 0 Å². The van der Waals surface area contributed by atoms with Crippen molar-refractivity contribution in [2.45, 2.75) is 0 Å². The van der Waals surface area contributed by atoms with Crippen molar-refractivity contribution >= 4 is 32.8 Å². The number of halogens is 1. The quantitative estimate of drug-likeness (QED) is 0.812. The number of nitrogens with zero attached hydrogens (tertiary/aromatic N) is 1. The van der Waals surface area contributed by atoms with Crippen molar-refractivity contribution in [2.75, 3.05) is 21.3 Å². The fourth-order valence-electron chi connectivity index (χ4n) is 1.76. The fourth-order valence-corrected chi connectivity index (χ4v) is 2.42. The van der Waals surface area contributed by atoms with Gasteiger partial charge >= 0.3 is 5.97 Å². The number of esters is 1. The van der Waals surface area contributed by atoms with Crippen LogP contribution >= 0.6 is 15.9 Å².